The summed E-state index contributed by atoms with van der Waals surface area (Å²) in [6.07, 6.45) is 1.06. The summed E-state index contributed by atoms with van der Waals surface area (Å²) in [7, 11) is 0. The Labute approximate surface area is 186 Å². The summed E-state index contributed by atoms with van der Waals surface area (Å²) in [6.45, 7) is 3.76. The fourth-order valence-corrected chi connectivity index (χ4v) is 3.40. The molecule has 0 radical (unpaired) electrons. The number of carboxylic acids is 1. The lowest BCUT2D eigenvalue weighted by Crippen LogP contribution is -2.05. The Hall–Kier alpha value is -4.49. The zero-order valence-corrected chi connectivity index (χ0v) is 17.8. The molecule has 3 aromatic carbocycles. The largest absolute Gasteiger partial charge is 0.478 e. The average molecular weight is 426 g/mol. The van der Waals surface area contributed by atoms with E-state index in [0.29, 0.717) is 35.5 Å². The van der Waals surface area contributed by atoms with Gasteiger partial charge >= 0.3 is 5.97 Å². The molecule has 0 aliphatic rings. The molecule has 3 rings (SSSR count). The summed E-state index contributed by atoms with van der Waals surface area (Å²) in [4.78, 5) is 11.8. The van der Waals surface area contributed by atoms with Crippen molar-refractivity contribution in [3.8, 4) is 23.6 Å². The molecule has 7 heteroatoms. The lowest BCUT2D eigenvalue weighted by molar-refractivity contribution is 0.0694. The van der Waals surface area contributed by atoms with Crippen molar-refractivity contribution < 1.29 is 14.6 Å². The third-order valence-electron chi connectivity index (χ3n) is 4.93. The molecule has 0 aliphatic heterocycles. The van der Waals surface area contributed by atoms with Crippen LogP contribution in [0.25, 0.3) is 0 Å². The molecule has 0 heterocycles. The SMILES string of the molecule is Cc1cc(CCC#N)cc(C)c1Oc1cc(Nc2ccc(C#N)cc2)c(N)cc1C(=O)O. The number of hydrogen-bond donors (Lipinski definition) is 3. The number of ether oxygens (including phenoxy) is 1. The molecular formula is C25H22N4O3. The number of aromatic carboxylic acids is 1. The van der Waals surface area contributed by atoms with Crippen LogP contribution >= 0.6 is 0 Å². The van der Waals surface area contributed by atoms with Crippen molar-refractivity contribution in [2.45, 2.75) is 26.7 Å². The highest BCUT2D eigenvalue weighted by molar-refractivity contribution is 5.94. The number of nitrogens with one attached hydrogen (secondary N) is 1. The summed E-state index contributed by atoms with van der Waals surface area (Å²) in [6, 6.07) is 17.8. The molecule has 7 nitrogen and oxygen atoms in total. The minimum atomic E-state index is -1.16. The van der Waals surface area contributed by atoms with Gasteiger partial charge in [0.1, 0.15) is 17.1 Å². The van der Waals surface area contributed by atoms with Crippen LogP contribution in [0, 0.1) is 36.5 Å². The molecule has 0 aromatic heterocycles. The number of nitriles is 2. The van der Waals surface area contributed by atoms with Gasteiger partial charge < -0.3 is 20.9 Å². The number of carboxylic acid groups (broad SMARTS) is 1. The Bertz CT molecular complexity index is 1230. The predicted molar refractivity (Wildman–Crippen MR) is 122 cm³/mol. The van der Waals surface area contributed by atoms with Gasteiger partial charge in [-0.15, -0.1) is 0 Å². The molecule has 0 saturated carbocycles. The maximum atomic E-state index is 11.8. The van der Waals surface area contributed by atoms with Gasteiger partial charge in [-0.05, 0) is 67.3 Å². The Morgan fingerprint density at radius 2 is 1.75 bits per heavy atom. The number of hydrogen-bond acceptors (Lipinski definition) is 6. The zero-order valence-electron chi connectivity index (χ0n) is 17.8. The van der Waals surface area contributed by atoms with Crippen LogP contribution in [0.5, 0.6) is 11.5 Å². The van der Waals surface area contributed by atoms with Crippen molar-refractivity contribution in [1.29, 1.82) is 10.5 Å². The van der Waals surface area contributed by atoms with E-state index in [2.05, 4.69) is 17.5 Å². The Kier molecular flexibility index (Phi) is 6.62. The van der Waals surface area contributed by atoms with Gasteiger partial charge in [-0.3, -0.25) is 0 Å². The van der Waals surface area contributed by atoms with E-state index < -0.39 is 5.97 Å². The van der Waals surface area contributed by atoms with E-state index >= 15 is 0 Å². The van der Waals surface area contributed by atoms with E-state index in [4.69, 9.17) is 21.0 Å². The quantitative estimate of drug-likeness (QED) is 0.428. The van der Waals surface area contributed by atoms with Crippen LogP contribution in [0.15, 0.2) is 48.5 Å². The third kappa shape index (κ3) is 4.97. The number of carbonyl (C=O) groups is 1. The predicted octanol–water partition coefficient (Wildman–Crippen LogP) is 5.45. The second-order valence-corrected chi connectivity index (χ2v) is 7.37. The van der Waals surface area contributed by atoms with Crippen molar-refractivity contribution in [3.05, 3.63) is 76.3 Å². The van der Waals surface area contributed by atoms with E-state index in [1.54, 1.807) is 30.3 Å². The van der Waals surface area contributed by atoms with Crippen LogP contribution in [0.3, 0.4) is 0 Å². The van der Waals surface area contributed by atoms with Crippen LogP contribution in [0.1, 0.15) is 39.0 Å². The molecule has 0 bridgehead atoms. The molecular weight excluding hydrogens is 404 g/mol. The molecule has 0 spiro atoms. The smallest absolute Gasteiger partial charge is 0.339 e. The first kappa shape index (κ1) is 22.2. The highest BCUT2D eigenvalue weighted by atomic mass is 16.5. The van der Waals surface area contributed by atoms with Crippen LogP contribution in [0.4, 0.5) is 17.1 Å². The zero-order chi connectivity index (χ0) is 23.3. The molecule has 0 unspecified atom stereocenters. The summed E-state index contributed by atoms with van der Waals surface area (Å²) < 4.78 is 6.08. The first-order chi connectivity index (χ1) is 15.3. The minimum Gasteiger partial charge on any atom is -0.478 e. The van der Waals surface area contributed by atoms with Crippen LogP contribution in [-0.4, -0.2) is 11.1 Å². The van der Waals surface area contributed by atoms with Gasteiger partial charge in [-0.2, -0.15) is 10.5 Å². The first-order valence-corrected chi connectivity index (χ1v) is 9.91. The van der Waals surface area contributed by atoms with Gasteiger partial charge in [-0.1, -0.05) is 12.1 Å². The second-order valence-electron chi connectivity index (χ2n) is 7.37. The lowest BCUT2D eigenvalue weighted by atomic mass is 10.0. The molecule has 4 N–H and O–H groups in total. The fourth-order valence-electron chi connectivity index (χ4n) is 3.40. The number of anilines is 3. The fraction of sp³-hybridized carbons (Fsp3) is 0.160. The van der Waals surface area contributed by atoms with Gasteiger partial charge in [-0.25, -0.2) is 4.79 Å². The number of nitrogens with two attached hydrogens (primary N) is 1. The van der Waals surface area contributed by atoms with Crippen LogP contribution in [-0.2, 0) is 6.42 Å². The van der Waals surface area contributed by atoms with Crippen LogP contribution < -0.4 is 15.8 Å². The maximum absolute atomic E-state index is 11.8. The summed E-state index contributed by atoms with van der Waals surface area (Å²) in [5, 5.41) is 30.6. The Morgan fingerprint density at radius 3 is 2.31 bits per heavy atom. The van der Waals surface area contributed by atoms with Gasteiger partial charge in [0.05, 0.1) is 29.1 Å². The van der Waals surface area contributed by atoms with E-state index in [-0.39, 0.29) is 17.0 Å². The molecule has 0 fully saturated rings. The Balaban J connectivity index is 1.98. The van der Waals surface area contributed by atoms with Gasteiger partial charge in [0.15, 0.2) is 0 Å². The van der Waals surface area contributed by atoms with E-state index in [9.17, 15) is 9.90 Å². The maximum Gasteiger partial charge on any atom is 0.339 e. The van der Waals surface area contributed by atoms with Crippen molar-refractivity contribution in [1.82, 2.24) is 0 Å². The minimum absolute atomic E-state index is 0.0553. The highest BCUT2D eigenvalue weighted by Gasteiger charge is 2.18. The third-order valence-corrected chi connectivity index (χ3v) is 4.93. The van der Waals surface area contributed by atoms with Crippen molar-refractivity contribution in [3.63, 3.8) is 0 Å². The molecule has 0 saturated heterocycles. The van der Waals surface area contributed by atoms with Gasteiger partial charge in [0.2, 0.25) is 0 Å². The Morgan fingerprint density at radius 1 is 1.09 bits per heavy atom. The molecule has 160 valence electrons. The number of nitrogen functional groups attached to an aromatic ring is 1. The molecule has 0 aliphatic carbocycles. The average Bonchev–Trinajstić information content (AvgIpc) is 2.77. The van der Waals surface area contributed by atoms with Gasteiger partial charge in [0, 0.05) is 18.2 Å². The van der Waals surface area contributed by atoms with E-state index in [0.717, 1.165) is 16.7 Å². The monoisotopic (exact) mass is 426 g/mol. The van der Waals surface area contributed by atoms with Crippen molar-refractivity contribution >= 4 is 23.0 Å². The summed E-state index contributed by atoms with van der Waals surface area (Å²) >= 11 is 0. The molecule has 0 atom stereocenters. The first-order valence-electron chi connectivity index (χ1n) is 9.91. The summed E-state index contributed by atoms with van der Waals surface area (Å²) in [5.41, 5.74) is 10.7. The molecule has 32 heavy (non-hydrogen) atoms. The normalized spacial score (nSPS) is 10.1. The van der Waals surface area contributed by atoms with E-state index in [1.165, 1.54) is 6.07 Å². The number of benzene rings is 3. The number of rotatable bonds is 7. The number of nitrogens with zero attached hydrogens (tertiary/aromatic N) is 2. The lowest BCUT2D eigenvalue weighted by Gasteiger charge is -2.18. The molecule has 3 aromatic rings. The highest BCUT2D eigenvalue weighted by Crippen LogP contribution is 2.37. The number of aryl methyl sites for hydroxylation is 3. The standard InChI is InChI=1S/C25H22N4O3/c1-15-10-18(4-3-9-26)11-16(2)24(15)32-23-13-22(21(28)12-20(23)25(30)31)29-19-7-5-17(14-27)6-8-19/h5-8,10-13,29H,3-4,28H2,1-2H3,(H,30,31). The van der Waals surface area contributed by atoms with Crippen molar-refractivity contribution in [2.24, 2.45) is 0 Å². The summed E-state index contributed by atoms with van der Waals surface area (Å²) in [5.74, 6) is -0.446. The van der Waals surface area contributed by atoms with E-state index in [1.807, 2.05) is 26.0 Å². The van der Waals surface area contributed by atoms with Crippen molar-refractivity contribution in [2.75, 3.05) is 11.1 Å². The van der Waals surface area contributed by atoms with Crippen LogP contribution in [0.2, 0.25) is 0 Å². The van der Waals surface area contributed by atoms with Gasteiger partial charge in [0.25, 0.3) is 0 Å². The molecule has 0 amide bonds. The second kappa shape index (κ2) is 9.55. The topological polar surface area (TPSA) is 132 Å².